The van der Waals surface area contributed by atoms with Gasteiger partial charge in [-0.1, -0.05) is 17.8 Å². The third-order valence-corrected chi connectivity index (χ3v) is 3.14. The maximum atomic E-state index is 12.2. The van der Waals surface area contributed by atoms with Gasteiger partial charge in [0, 0.05) is 37.6 Å². The van der Waals surface area contributed by atoms with Gasteiger partial charge in [0.25, 0.3) is 5.76 Å². The highest BCUT2D eigenvalue weighted by Crippen LogP contribution is 2.27. The van der Waals surface area contributed by atoms with Crippen LogP contribution in [0.2, 0.25) is 0 Å². The minimum atomic E-state index is -2.51. The zero-order chi connectivity index (χ0) is 15.8. The van der Waals surface area contributed by atoms with Crippen LogP contribution in [0.3, 0.4) is 0 Å². The van der Waals surface area contributed by atoms with E-state index in [4.69, 9.17) is 0 Å². The summed E-state index contributed by atoms with van der Waals surface area (Å²) in [5, 5.41) is 5.05. The van der Waals surface area contributed by atoms with Crippen LogP contribution in [0, 0.1) is 0 Å². The van der Waals surface area contributed by atoms with E-state index in [2.05, 4.69) is 10.6 Å². The summed E-state index contributed by atoms with van der Waals surface area (Å²) in [6.45, 7) is 0.203. The highest BCUT2D eigenvalue weighted by molar-refractivity contribution is 7.99. The average Bonchev–Trinajstić information content (AvgIpc) is 2.37. The second-order valence-corrected chi connectivity index (χ2v) is 5.39. The second-order valence-electron chi connectivity index (χ2n) is 4.33. The molecule has 0 saturated heterocycles. The van der Waals surface area contributed by atoms with Crippen LogP contribution in [-0.4, -0.2) is 43.2 Å². The number of nitrogens with zero attached hydrogens (tertiary/aromatic N) is 1. The highest BCUT2D eigenvalue weighted by Gasteiger charge is 2.08. The van der Waals surface area contributed by atoms with Gasteiger partial charge >= 0.3 is 6.03 Å². The number of urea groups is 1. The minimum Gasteiger partial charge on any atom is -0.349 e. The van der Waals surface area contributed by atoms with E-state index in [-0.39, 0.29) is 18.9 Å². The lowest BCUT2D eigenvalue weighted by molar-refractivity contribution is -0.128. The van der Waals surface area contributed by atoms with Crippen molar-refractivity contribution in [3.05, 3.63) is 24.3 Å². The Bertz CT molecular complexity index is 498. The normalized spacial score (nSPS) is 10.3. The number of benzene rings is 1. The first-order chi connectivity index (χ1) is 9.88. The lowest BCUT2D eigenvalue weighted by atomic mass is 10.3. The molecule has 2 N–H and O–H groups in total. The Hall–Kier alpha value is -1.83. The van der Waals surface area contributed by atoms with Gasteiger partial charge < -0.3 is 15.5 Å². The first kappa shape index (κ1) is 17.2. The molecule has 0 bridgehead atoms. The maximum Gasteiger partial charge on any atom is 0.319 e. The van der Waals surface area contributed by atoms with Gasteiger partial charge in [0.05, 0.1) is 0 Å². The van der Waals surface area contributed by atoms with E-state index in [1.54, 1.807) is 26.2 Å². The molecule has 116 valence electrons. The number of nitrogens with one attached hydrogen (secondary N) is 2. The number of carbonyl (C=O) groups excluding carboxylic acids is 2. The summed E-state index contributed by atoms with van der Waals surface area (Å²) in [4.78, 5) is 24.7. The van der Waals surface area contributed by atoms with Crippen molar-refractivity contribution in [3.8, 4) is 0 Å². The lowest BCUT2D eigenvalue weighted by Gasteiger charge is -2.11. The number of anilines is 1. The van der Waals surface area contributed by atoms with E-state index in [1.807, 2.05) is 0 Å². The summed E-state index contributed by atoms with van der Waals surface area (Å²) in [6.07, 6.45) is 0.196. The van der Waals surface area contributed by atoms with Crippen molar-refractivity contribution in [2.75, 3.05) is 26.0 Å². The van der Waals surface area contributed by atoms with Gasteiger partial charge in [-0.3, -0.25) is 4.79 Å². The highest BCUT2D eigenvalue weighted by atomic mass is 32.2. The van der Waals surface area contributed by atoms with Crippen LogP contribution in [0.1, 0.15) is 6.42 Å². The van der Waals surface area contributed by atoms with Gasteiger partial charge in [0.1, 0.15) is 0 Å². The standard InChI is InChI=1S/C13H17F2N3O2S/c1-18(2)11(19)6-7-16-13(20)17-9-4-3-5-10(8-9)21-12(14)15/h3-5,8,12H,6-7H2,1-2H3,(H2,16,17,20). The average molecular weight is 317 g/mol. The van der Waals surface area contributed by atoms with Crippen LogP contribution < -0.4 is 10.6 Å². The van der Waals surface area contributed by atoms with Gasteiger partial charge in [-0.2, -0.15) is 8.78 Å². The Morgan fingerprint density at radius 3 is 2.67 bits per heavy atom. The minimum absolute atomic E-state index is 0.0920. The molecule has 0 aliphatic rings. The summed E-state index contributed by atoms with van der Waals surface area (Å²) in [6, 6.07) is 5.69. The van der Waals surface area contributed by atoms with Crippen molar-refractivity contribution in [3.63, 3.8) is 0 Å². The molecule has 21 heavy (non-hydrogen) atoms. The lowest BCUT2D eigenvalue weighted by Crippen LogP contribution is -2.33. The number of halogens is 2. The van der Waals surface area contributed by atoms with E-state index in [0.717, 1.165) is 0 Å². The molecule has 5 nitrogen and oxygen atoms in total. The van der Waals surface area contributed by atoms with E-state index in [0.29, 0.717) is 22.3 Å². The predicted octanol–water partition coefficient (Wildman–Crippen LogP) is 2.60. The number of hydrogen-bond donors (Lipinski definition) is 2. The Morgan fingerprint density at radius 1 is 1.33 bits per heavy atom. The zero-order valence-corrected chi connectivity index (χ0v) is 12.5. The van der Waals surface area contributed by atoms with Gasteiger partial charge in [0.2, 0.25) is 5.91 Å². The zero-order valence-electron chi connectivity index (χ0n) is 11.7. The van der Waals surface area contributed by atoms with Crippen LogP contribution in [0.25, 0.3) is 0 Å². The molecule has 0 aliphatic carbocycles. The summed E-state index contributed by atoms with van der Waals surface area (Å²) in [7, 11) is 3.27. The van der Waals surface area contributed by atoms with Gasteiger partial charge in [-0.15, -0.1) is 0 Å². The number of carbonyl (C=O) groups is 2. The molecule has 0 spiro atoms. The first-order valence-corrected chi connectivity index (χ1v) is 7.06. The fourth-order valence-corrected chi connectivity index (χ4v) is 1.99. The smallest absolute Gasteiger partial charge is 0.319 e. The number of amides is 3. The number of rotatable bonds is 6. The van der Waals surface area contributed by atoms with E-state index >= 15 is 0 Å². The van der Waals surface area contributed by atoms with Crippen LogP contribution in [0.5, 0.6) is 0 Å². The van der Waals surface area contributed by atoms with Crippen molar-refractivity contribution >= 4 is 29.4 Å². The third kappa shape index (κ3) is 6.94. The summed E-state index contributed by atoms with van der Waals surface area (Å²) < 4.78 is 24.5. The summed E-state index contributed by atoms with van der Waals surface area (Å²) >= 11 is 0.409. The fourth-order valence-electron chi connectivity index (χ4n) is 1.43. The third-order valence-electron chi connectivity index (χ3n) is 2.44. The molecular formula is C13H17F2N3O2S. The quantitative estimate of drug-likeness (QED) is 0.793. The Morgan fingerprint density at radius 2 is 2.05 bits per heavy atom. The number of alkyl halides is 2. The molecule has 1 rings (SSSR count). The summed E-state index contributed by atoms with van der Waals surface area (Å²) in [5.74, 6) is -2.60. The molecule has 3 amide bonds. The van der Waals surface area contributed by atoms with Crippen molar-refractivity contribution in [1.82, 2.24) is 10.2 Å². The molecule has 1 aromatic rings. The monoisotopic (exact) mass is 317 g/mol. The molecular weight excluding hydrogens is 300 g/mol. The Labute approximate surface area is 126 Å². The Kier molecular flexibility index (Phi) is 6.93. The molecule has 0 aromatic heterocycles. The van der Waals surface area contributed by atoms with Crippen molar-refractivity contribution in [2.45, 2.75) is 17.1 Å². The largest absolute Gasteiger partial charge is 0.349 e. The summed E-state index contributed by atoms with van der Waals surface area (Å²) in [5.41, 5.74) is 0.414. The first-order valence-electron chi connectivity index (χ1n) is 6.18. The predicted molar refractivity (Wildman–Crippen MR) is 78.6 cm³/mol. The van der Waals surface area contributed by atoms with E-state index in [9.17, 15) is 18.4 Å². The second kappa shape index (κ2) is 8.46. The van der Waals surface area contributed by atoms with Crippen LogP contribution in [0.4, 0.5) is 19.3 Å². The molecule has 1 aromatic carbocycles. The molecule has 8 heteroatoms. The molecule has 0 aliphatic heterocycles. The SMILES string of the molecule is CN(C)C(=O)CCNC(=O)Nc1cccc(SC(F)F)c1. The molecule has 0 heterocycles. The maximum absolute atomic E-state index is 12.2. The molecule has 0 atom stereocenters. The molecule has 0 fully saturated rings. The molecule has 0 radical (unpaired) electrons. The Balaban J connectivity index is 2.42. The van der Waals surface area contributed by atoms with Crippen molar-refractivity contribution in [2.24, 2.45) is 0 Å². The number of hydrogen-bond acceptors (Lipinski definition) is 3. The fraction of sp³-hybridized carbons (Fsp3) is 0.385. The van der Waals surface area contributed by atoms with Crippen molar-refractivity contribution in [1.29, 1.82) is 0 Å². The van der Waals surface area contributed by atoms with Crippen LogP contribution in [0.15, 0.2) is 29.2 Å². The van der Waals surface area contributed by atoms with E-state index in [1.165, 1.54) is 17.0 Å². The number of thioether (sulfide) groups is 1. The van der Waals surface area contributed by atoms with Gasteiger partial charge in [0.15, 0.2) is 0 Å². The molecule has 0 saturated carbocycles. The molecule has 0 unspecified atom stereocenters. The van der Waals surface area contributed by atoms with E-state index < -0.39 is 11.8 Å². The van der Waals surface area contributed by atoms with Crippen molar-refractivity contribution < 1.29 is 18.4 Å². The topological polar surface area (TPSA) is 61.4 Å². The van der Waals surface area contributed by atoms with Crippen LogP contribution in [-0.2, 0) is 4.79 Å². The van der Waals surface area contributed by atoms with Crippen LogP contribution >= 0.6 is 11.8 Å². The van der Waals surface area contributed by atoms with Gasteiger partial charge in [-0.25, -0.2) is 4.79 Å². The van der Waals surface area contributed by atoms with Gasteiger partial charge in [-0.05, 0) is 18.2 Å².